The Morgan fingerprint density at radius 1 is 0.926 bits per heavy atom. The van der Waals surface area contributed by atoms with Crippen molar-refractivity contribution in [2.24, 2.45) is 0 Å². The predicted molar refractivity (Wildman–Crippen MR) is 106 cm³/mol. The molecule has 0 aliphatic rings. The summed E-state index contributed by atoms with van der Waals surface area (Å²) in [6.07, 6.45) is 0. The molecule has 0 saturated carbocycles. The second-order valence-electron chi connectivity index (χ2n) is 8.80. The molecule has 0 unspecified atom stereocenters. The molecule has 0 aliphatic heterocycles. The lowest BCUT2D eigenvalue weighted by atomic mass is 9.79. The molecule has 0 spiro atoms. The maximum Gasteiger partial charge on any atom is 0.338 e. The number of carbonyl (C=O) groups is 1. The number of hydrogen-bond donors (Lipinski definition) is 0. The molecule has 0 N–H and O–H groups in total. The molecular formula is C22H27NO4. The molecule has 5 nitrogen and oxygen atoms in total. The van der Waals surface area contributed by atoms with Crippen molar-refractivity contribution in [3.05, 3.63) is 74.8 Å². The Bertz CT molecular complexity index is 808. The van der Waals surface area contributed by atoms with Crippen LogP contribution >= 0.6 is 0 Å². The summed E-state index contributed by atoms with van der Waals surface area (Å²) in [6.45, 7) is 12.7. The largest absolute Gasteiger partial charge is 0.457 e. The van der Waals surface area contributed by atoms with Crippen LogP contribution in [0.1, 0.15) is 68.6 Å². The standard InChI is InChI=1S/C22H27NO4/c1-21(2,3)17-11-16(12-18(13-17)22(4,5)6)20(24)27-14-15-7-9-19(10-8-15)23(25)26/h7-13H,14H2,1-6H3. The van der Waals surface area contributed by atoms with Gasteiger partial charge in [-0.15, -0.1) is 0 Å². The first-order valence-electron chi connectivity index (χ1n) is 8.94. The van der Waals surface area contributed by atoms with Gasteiger partial charge in [-0.25, -0.2) is 4.79 Å². The maximum absolute atomic E-state index is 12.6. The highest BCUT2D eigenvalue weighted by Gasteiger charge is 2.22. The Labute approximate surface area is 160 Å². The number of nitro groups is 1. The van der Waals surface area contributed by atoms with Crippen LogP contribution in [0.4, 0.5) is 5.69 Å². The van der Waals surface area contributed by atoms with Crippen molar-refractivity contribution in [1.82, 2.24) is 0 Å². The van der Waals surface area contributed by atoms with E-state index in [2.05, 4.69) is 47.6 Å². The highest BCUT2D eigenvalue weighted by Crippen LogP contribution is 2.30. The molecule has 0 atom stereocenters. The Hall–Kier alpha value is -2.69. The van der Waals surface area contributed by atoms with E-state index in [1.54, 1.807) is 12.1 Å². The average molecular weight is 369 g/mol. The fourth-order valence-electron chi connectivity index (χ4n) is 2.56. The van der Waals surface area contributed by atoms with E-state index < -0.39 is 10.9 Å². The number of nitrogens with zero attached hydrogens (tertiary/aromatic N) is 1. The molecule has 0 aliphatic carbocycles. The summed E-state index contributed by atoms with van der Waals surface area (Å²) in [4.78, 5) is 22.9. The van der Waals surface area contributed by atoms with E-state index in [0.717, 1.165) is 11.1 Å². The molecule has 0 bridgehead atoms. The highest BCUT2D eigenvalue weighted by molar-refractivity contribution is 5.90. The smallest absolute Gasteiger partial charge is 0.338 e. The lowest BCUT2D eigenvalue weighted by Gasteiger charge is -2.25. The second-order valence-corrected chi connectivity index (χ2v) is 8.80. The first-order chi connectivity index (χ1) is 12.4. The molecule has 0 fully saturated rings. The van der Waals surface area contributed by atoms with Gasteiger partial charge in [-0.2, -0.15) is 0 Å². The van der Waals surface area contributed by atoms with Crippen LogP contribution in [-0.2, 0) is 22.2 Å². The highest BCUT2D eigenvalue weighted by atomic mass is 16.6. The Kier molecular flexibility index (Phi) is 5.73. The fraction of sp³-hybridized carbons (Fsp3) is 0.409. The van der Waals surface area contributed by atoms with E-state index in [1.807, 2.05) is 12.1 Å². The predicted octanol–water partition coefficient (Wildman–Crippen LogP) is 5.55. The van der Waals surface area contributed by atoms with E-state index in [0.29, 0.717) is 11.1 Å². The van der Waals surface area contributed by atoms with E-state index in [9.17, 15) is 14.9 Å². The molecular weight excluding hydrogens is 342 g/mol. The monoisotopic (exact) mass is 369 g/mol. The topological polar surface area (TPSA) is 69.4 Å². The summed E-state index contributed by atoms with van der Waals surface area (Å²) in [5, 5.41) is 10.7. The number of non-ortho nitro benzene ring substituents is 1. The summed E-state index contributed by atoms with van der Waals surface area (Å²) >= 11 is 0. The molecule has 0 amide bonds. The quantitative estimate of drug-likeness (QED) is 0.403. The van der Waals surface area contributed by atoms with Crippen LogP contribution in [0.2, 0.25) is 0 Å². The molecule has 0 saturated heterocycles. The lowest BCUT2D eigenvalue weighted by Crippen LogP contribution is -2.18. The Morgan fingerprint density at radius 2 is 1.41 bits per heavy atom. The first kappa shape index (κ1) is 20.6. The van der Waals surface area contributed by atoms with Crippen LogP contribution in [-0.4, -0.2) is 10.9 Å². The normalized spacial score (nSPS) is 11.9. The van der Waals surface area contributed by atoms with Gasteiger partial charge in [0, 0.05) is 12.1 Å². The minimum Gasteiger partial charge on any atom is -0.457 e. The number of hydrogen-bond acceptors (Lipinski definition) is 4. The van der Waals surface area contributed by atoms with E-state index >= 15 is 0 Å². The summed E-state index contributed by atoms with van der Waals surface area (Å²) in [7, 11) is 0. The van der Waals surface area contributed by atoms with Crippen molar-refractivity contribution in [3.63, 3.8) is 0 Å². The minimum absolute atomic E-state index is 0.0118. The third-order valence-corrected chi connectivity index (χ3v) is 4.42. The average Bonchev–Trinajstić information content (AvgIpc) is 2.58. The van der Waals surface area contributed by atoms with E-state index in [4.69, 9.17) is 4.74 Å². The molecule has 27 heavy (non-hydrogen) atoms. The van der Waals surface area contributed by atoms with Crippen LogP contribution in [0.5, 0.6) is 0 Å². The number of ether oxygens (including phenoxy) is 1. The zero-order valence-electron chi connectivity index (χ0n) is 16.8. The summed E-state index contributed by atoms with van der Waals surface area (Å²) < 4.78 is 5.44. The van der Waals surface area contributed by atoms with Gasteiger partial charge in [-0.1, -0.05) is 47.6 Å². The van der Waals surface area contributed by atoms with Gasteiger partial charge in [0.05, 0.1) is 10.5 Å². The van der Waals surface area contributed by atoms with Crippen molar-refractivity contribution < 1.29 is 14.5 Å². The number of rotatable bonds is 4. The van der Waals surface area contributed by atoms with Gasteiger partial charge in [0.2, 0.25) is 0 Å². The molecule has 0 aromatic heterocycles. The number of benzene rings is 2. The zero-order valence-corrected chi connectivity index (χ0v) is 16.8. The lowest BCUT2D eigenvalue weighted by molar-refractivity contribution is -0.384. The Morgan fingerprint density at radius 3 is 1.81 bits per heavy atom. The van der Waals surface area contributed by atoms with Crippen LogP contribution < -0.4 is 0 Å². The van der Waals surface area contributed by atoms with Gasteiger partial charge < -0.3 is 4.74 Å². The molecule has 0 heterocycles. The summed E-state index contributed by atoms with van der Waals surface area (Å²) in [5.41, 5.74) is 3.22. The van der Waals surface area contributed by atoms with Gasteiger partial charge >= 0.3 is 5.97 Å². The fourth-order valence-corrected chi connectivity index (χ4v) is 2.56. The third kappa shape index (κ3) is 5.39. The molecule has 144 valence electrons. The van der Waals surface area contributed by atoms with Crippen molar-refractivity contribution in [1.29, 1.82) is 0 Å². The molecule has 2 rings (SSSR count). The van der Waals surface area contributed by atoms with Crippen LogP contribution in [0, 0.1) is 10.1 Å². The third-order valence-electron chi connectivity index (χ3n) is 4.42. The SMILES string of the molecule is CC(C)(C)c1cc(C(=O)OCc2ccc([N+](=O)[O-])cc2)cc(C(C)(C)C)c1. The van der Waals surface area contributed by atoms with Gasteiger partial charge in [0.15, 0.2) is 0 Å². The van der Waals surface area contributed by atoms with Crippen molar-refractivity contribution in [3.8, 4) is 0 Å². The van der Waals surface area contributed by atoms with Gasteiger partial charge in [-0.3, -0.25) is 10.1 Å². The van der Waals surface area contributed by atoms with Gasteiger partial charge in [-0.05, 0) is 51.8 Å². The molecule has 0 radical (unpaired) electrons. The van der Waals surface area contributed by atoms with Crippen LogP contribution in [0.15, 0.2) is 42.5 Å². The van der Waals surface area contributed by atoms with Crippen molar-refractivity contribution in [2.75, 3.05) is 0 Å². The first-order valence-corrected chi connectivity index (χ1v) is 8.94. The van der Waals surface area contributed by atoms with E-state index in [-0.39, 0.29) is 23.1 Å². The number of nitro benzene ring substituents is 1. The number of carbonyl (C=O) groups excluding carboxylic acids is 1. The molecule has 2 aromatic carbocycles. The zero-order chi connectivity index (χ0) is 20.4. The maximum atomic E-state index is 12.6. The van der Waals surface area contributed by atoms with Crippen molar-refractivity contribution >= 4 is 11.7 Å². The van der Waals surface area contributed by atoms with E-state index in [1.165, 1.54) is 12.1 Å². The van der Waals surface area contributed by atoms with Crippen LogP contribution in [0.25, 0.3) is 0 Å². The molecule has 2 aromatic rings. The minimum atomic E-state index is -0.457. The van der Waals surface area contributed by atoms with Crippen molar-refractivity contribution in [2.45, 2.75) is 59.0 Å². The summed E-state index contributed by atoms with van der Waals surface area (Å²) in [5.74, 6) is -0.398. The number of esters is 1. The Balaban J connectivity index is 2.23. The van der Waals surface area contributed by atoms with Crippen LogP contribution in [0.3, 0.4) is 0 Å². The van der Waals surface area contributed by atoms with Gasteiger partial charge in [0.1, 0.15) is 6.61 Å². The second kappa shape index (κ2) is 7.51. The van der Waals surface area contributed by atoms with Gasteiger partial charge in [0.25, 0.3) is 5.69 Å². The summed E-state index contributed by atoms with van der Waals surface area (Å²) in [6, 6.07) is 11.9. The molecule has 5 heteroatoms.